The lowest BCUT2D eigenvalue weighted by atomic mass is 10.1. The lowest BCUT2D eigenvalue weighted by molar-refractivity contribution is 0.395. The monoisotopic (exact) mass is 429 g/mol. The summed E-state index contributed by atoms with van der Waals surface area (Å²) in [5.74, 6) is 2.29. The Bertz CT molecular complexity index is 1120. The molecule has 0 unspecified atom stereocenters. The summed E-state index contributed by atoms with van der Waals surface area (Å²) in [6.07, 6.45) is 1.44. The molecule has 10 heteroatoms. The van der Waals surface area contributed by atoms with Gasteiger partial charge in [0.15, 0.2) is 0 Å². The molecular formula is C20H23N5O4S. The predicted octanol–water partition coefficient (Wildman–Crippen LogP) is 2.64. The lowest BCUT2D eigenvalue weighted by Crippen LogP contribution is -2.14. The number of primary sulfonamides is 1. The first-order chi connectivity index (χ1) is 14.4. The van der Waals surface area contributed by atoms with Crippen LogP contribution in [-0.2, 0) is 22.3 Å². The van der Waals surface area contributed by atoms with E-state index in [0.29, 0.717) is 35.2 Å². The maximum Gasteiger partial charge on any atom is 0.213 e. The van der Waals surface area contributed by atoms with Crippen LogP contribution in [0.25, 0.3) is 0 Å². The fraction of sp³-hybridized carbons (Fsp3) is 0.200. The number of benzene rings is 2. The minimum atomic E-state index is -3.57. The average molecular weight is 430 g/mol. The number of nitrogens with zero attached hydrogens (tertiary/aromatic N) is 2. The smallest absolute Gasteiger partial charge is 0.213 e. The molecule has 4 N–H and O–H groups in total. The third kappa shape index (κ3) is 6.06. The molecule has 3 aromatic rings. The van der Waals surface area contributed by atoms with Crippen LogP contribution in [0.2, 0.25) is 0 Å². The van der Waals surface area contributed by atoms with Crippen molar-refractivity contribution in [2.75, 3.05) is 24.9 Å². The second kappa shape index (κ2) is 9.42. The highest BCUT2D eigenvalue weighted by atomic mass is 32.2. The summed E-state index contributed by atoms with van der Waals surface area (Å²) >= 11 is 0. The van der Waals surface area contributed by atoms with E-state index in [-0.39, 0.29) is 5.75 Å². The number of aromatic nitrogens is 2. The van der Waals surface area contributed by atoms with Crippen LogP contribution in [0.5, 0.6) is 11.5 Å². The first-order valence-corrected chi connectivity index (χ1v) is 10.7. The van der Waals surface area contributed by atoms with Crippen LogP contribution in [0.3, 0.4) is 0 Å². The third-order valence-electron chi connectivity index (χ3n) is 4.17. The highest BCUT2D eigenvalue weighted by molar-refractivity contribution is 7.88. The molecule has 0 fully saturated rings. The van der Waals surface area contributed by atoms with Crippen LogP contribution >= 0.6 is 0 Å². The second-order valence-electron chi connectivity index (χ2n) is 6.46. The molecular weight excluding hydrogens is 406 g/mol. The molecule has 158 valence electrons. The van der Waals surface area contributed by atoms with E-state index in [2.05, 4.69) is 20.6 Å². The zero-order valence-electron chi connectivity index (χ0n) is 16.6. The number of anilines is 3. The fourth-order valence-corrected chi connectivity index (χ4v) is 3.46. The number of hydrogen-bond donors (Lipinski definition) is 3. The Morgan fingerprint density at radius 3 is 2.47 bits per heavy atom. The van der Waals surface area contributed by atoms with E-state index in [4.69, 9.17) is 14.6 Å². The van der Waals surface area contributed by atoms with Crippen LogP contribution in [0.15, 0.2) is 54.9 Å². The van der Waals surface area contributed by atoms with Crippen molar-refractivity contribution in [2.45, 2.75) is 12.3 Å². The largest absolute Gasteiger partial charge is 0.497 e. The summed E-state index contributed by atoms with van der Waals surface area (Å²) in [4.78, 5) is 8.45. The predicted molar refractivity (Wildman–Crippen MR) is 115 cm³/mol. The van der Waals surface area contributed by atoms with Crippen molar-refractivity contribution in [1.82, 2.24) is 9.97 Å². The summed E-state index contributed by atoms with van der Waals surface area (Å²) in [6.45, 7) is 0.459. The molecule has 1 heterocycles. The van der Waals surface area contributed by atoms with Crippen LogP contribution in [-0.4, -0.2) is 32.6 Å². The quantitative estimate of drug-likeness (QED) is 0.473. The van der Waals surface area contributed by atoms with Gasteiger partial charge in [0.1, 0.15) is 29.5 Å². The molecule has 0 aliphatic rings. The second-order valence-corrected chi connectivity index (χ2v) is 8.07. The average Bonchev–Trinajstić information content (AvgIpc) is 2.72. The van der Waals surface area contributed by atoms with E-state index in [9.17, 15) is 8.42 Å². The highest BCUT2D eigenvalue weighted by Gasteiger charge is 2.08. The van der Waals surface area contributed by atoms with Gasteiger partial charge in [0.05, 0.1) is 25.7 Å². The number of nitrogens with one attached hydrogen (secondary N) is 2. The molecule has 0 atom stereocenters. The SMILES string of the molecule is COc1ccc(Nc2cc(NCc3cccc(CS(N)(=O)=O)c3)ncn2)c(OC)c1. The number of sulfonamides is 1. The fourth-order valence-electron chi connectivity index (χ4n) is 2.82. The molecule has 0 aliphatic heterocycles. The van der Waals surface area contributed by atoms with Crippen molar-refractivity contribution in [3.63, 3.8) is 0 Å². The van der Waals surface area contributed by atoms with E-state index in [1.165, 1.54) is 6.33 Å². The van der Waals surface area contributed by atoms with Gasteiger partial charge in [0.2, 0.25) is 10.0 Å². The first-order valence-electron chi connectivity index (χ1n) is 8.99. The Balaban J connectivity index is 1.69. The summed E-state index contributed by atoms with van der Waals surface area (Å²) in [5.41, 5.74) is 2.27. The van der Waals surface area contributed by atoms with E-state index < -0.39 is 10.0 Å². The minimum Gasteiger partial charge on any atom is -0.497 e. The Labute approximate surface area is 175 Å². The van der Waals surface area contributed by atoms with Crippen molar-refractivity contribution in [1.29, 1.82) is 0 Å². The van der Waals surface area contributed by atoms with Gasteiger partial charge in [-0.1, -0.05) is 24.3 Å². The summed E-state index contributed by atoms with van der Waals surface area (Å²) in [5, 5.41) is 11.5. The molecule has 0 aliphatic carbocycles. The van der Waals surface area contributed by atoms with Crippen LogP contribution in [0.1, 0.15) is 11.1 Å². The van der Waals surface area contributed by atoms with Gasteiger partial charge >= 0.3 is 0 Å². The van der Waals surface area contributed by atoms with E-state index in [1.807, 2.05) is 18.2 Å². The lowest BCUT2D eigenvalue weighted by Gasteiger charge is -2.13. The molecule has 3 rings (SSSR count). The third-order valence-corrected chi connectivity index (χ3v) is 4.91. The number of hydrogen-bond acceptors (Lipinski definition) is 8. The maximum atomic E-state index is 11.3. The van der Waals surface area contributed by atoms with Crippen LogP contribution in [0.4, 0.5) is 17.3 Å². The molecule has 0 amide bonds. The van der Waals surface area contributed by atoms with E-state index in [1.54, 1.807) is 44.6 Å². The van der Waals surface area contributed by atoms with Crippen molar-refractivity contribution in [2.24, 2.45) is 5.14 Å². The summed E-state index contributed by atoms with van der Waals surface area (Å²) in [7, 11) is -0.402. The van der Waals surface area contributed by atoms with Crippen LogP contribution in [0, 0.1) is 0 Å². The Kier molecular flexibility index (Phi) is 6.70. The Morgan fingerprint density at radius 2 is 1.73 bits per heavy atom. The van der Waals surface area contributed by atoms with Crippen molar-refractivity contribution in [3.8, 4) is 11.5 Å². The zero-order chi connectivity index (χ0) is 21.6. The van der Waals surface area contributed by atoms with Gasteiger partial charge in [-0.05, 0) is 23.3 Å². The van der Waals surface area contributed by atoms with Crippen LogP contribution < -0.4 is 25.2 Å². The van der Waals surface area contributed by atoms with Gasteiger partial charge in [-0.15, -0.1) is 0 Å². The molecule has 1 aromatic heterocycles. The zero-order valence-corrected chi connectivity index (χ0v) is 17.4. The molecule has 0 bridgehead atoms. The van der Waals surface area contributed by atoms with Gasteiger partial charge in [0, 0.05) is 18.7 Å². The first kappa shape index (κ1) is 21.3. The van der Waals surface area contributed by atoms with Crippen molar-refractivity contribution in [3.05, 3.63) is 66.0 Å². The molecule has 0 saturated carbocycles. The highest BCUT2D eigenvalue weighted by Crippen LogP contribution is 2.31. The molecule has 2 aromatic carbocycles. The summed E-state index contributed by atoms with van der Waals surface area (Å²) < 4.78 is 33.2. The Morgan fingerprint density at radius 1 is 0.967 bits per heavy atom. The number of nitrogens with two attached hydrogens (primary N) is 1. The van der Waals surface area contributed by atoms with Gasteiger partial charge in [-0.25, -0.2) is 23.5 Å². The standard InChI is InChI=1S/C20H23N5O4S/c1-28-16-6-7-17(18(9-16)29-2)25-20-10-19(23-13-24-20)22-11-14-4-3-5-15(8-14)12-30(21,26)27/h3-10,13H,11-12H2,1-2H3,(H2,21,26,27)(H2,22,23,24,25). The van der Waals surface area contributed by atoms with Gasteiger partial charge in [-0.2, -0.15) is 0 Å². The number of methoxy groups -OCH3 is 2. The van der Waals surface area contributed by atoms with E-state index in [0.717, 1.165) is 11.3 Å². The molecule has 0 saturated heterocycles. The topological polar surface area (TPSA) is 128 Å². The molecule has 0 spiro atoms. The number of rotatable bonds is 9. The minimum absolute atomic E-state index is 0.202. The van der Waals surface area contributed by atoms with Gasteiger partial charge < -0.3 is 20.1 Å². The van der Waals surface area contributed by atoms with E-state index >= 15 is 0 Å². The normalized spacial score (nSPS) is 11.0. The molecule has 30 heavy (non-hydrogen) atoms. The summed E-state index contributed by atoms with van der Waals surface area (Å²) in [6, 6.07) is 14.4. The van der Waals surface area contributed by atoms with Gasteiger partial charge in [-0.3, -0.25) is 0 Å². The van der Waals surface area contributed by atoms with Gasteiger partial charge in [0.25, 0.3) is 0 Å². The maximum absolute atomic E-state index is 11.3. The molecule has 9 nitrogen and oxygen atoms in total. The van der Waals surface area contributed by atoms with Crippen molar-refractivity contribution < 1.29 is 17.9 Å². The Hall–Kier alpha value is -3.37. The van der Waals surface area contributed by atoms with Crippen molar-refractivity contribution >= 4 is 27.3 Å². The number of ether oxygens (including phenoxy) is 2. The molecule has 0 radical (unpaired) electrons.